The zero-order valence-corrected chi connectivity index (χ0v) is 10.9. The van der Waals surface area contributed by atoms with Gasteiger partial charge in [-0.15, -0.1) is 0 Å². The van der Waals surface area contributed by atoms with Crippen LogP contribution in [-0.2, 0) is 6.54 Å². The van der Waals surface area contributed by atoms with Crippen LogP contribution in [0.3, 0.4) is 0 Å². The van der Waals surface area contributed by atoms with E-state index in [9.17, 15) is 4.79 Å². The number of anilines is 1. The highest BCUT2D eigenvalue weighted by Gasteiger charge is 2.13. The zero-order chi connectivity index (χ0) is 13.7. The van der Waals surface area contributed by atoms with Gasteiger partial charge in [0.1, 0.15) is 5.69 Å². The standard InChI is InChI=1S/C12H21N5O/c1-8(2)6-17-7-9(13)5-10(17)12(18)16-4-3-11(14)15/h5,7-8H,3-4,6,13H2,1-2H3,(H3,14,15)(H,16,18). The fraction of sp³-hybridized carbons (Fsp3) is 0.500. The molecule has 0 saturated heterocycles. The number of amidine groups is 1. The summed E-state index contributed by atoms with van der Waals surface area (Å²) in [5, 5.41) is 9.80. The lowest BCUT2D eigenvalue weighted by molar-refractivity contribution is 0.0945. The van der Waals surface area contributed by atoms with Crippen molar-refractivity contribution in [1.82, 2.24) is 9.88 Å². The molecule has 0 atom stereocenters. The molecule has 0 unspecified atom stereocenters. The van der Waals surface area contributed by atoms with E-state index in [2.05, 4.69) is 19.2 Å². The first kappa shape index (κ1) is 14.1. The quantitative estimate of drug-likeness (QED) is 0.443. The minimum absolute atomic E-state index is 0.0624. The summed E-state index contributed by atoms with van der Waals surface area (Å²) in [6.45, 7) is 5.26. The first-order valence-corrected chi connectivity index (χ1v) is 5.97. The van der Waals surface area contributed by atoms with Crippen LogP contribution in [0, 0.1) is 11.3 Å². The van der Waals surface area contributed by atoms with Gasteiger partial charge in [0.25, 0.3) is 5.91 Å². The van der Waals surface area contributed by atoms with Crippen LogP contribution in [-0.4, -0.2) is 22.9 Å². The van der Waals surface area contributed by atoms with Gasteiger partial charge in [-0.1, -0.05) is 13.8 Å². The Balaban J connectivity index is 2.69. The summed E-state index contributed by atoms with van der Waals surface area (Å²) in [5.74, 6) is 0.307. The van der Waals surface area contributed by atoms with E-state index in [4.69, 9.17) is 16.9 Å². The maximum atomic E-state index is 11.9. The zero-order valence-electron chi connectivity index (χ0n) is 10.9. The molecule has 6 nitrogen and oxygen atoms in total. The largest absolute Gasteiger partial charge is 0.397 e. The van der Waals surface area contributed by atoms with Crippen molar-refractivity contribution < 1.29 is 4.79 Å². The predicted molar refractivity (Wildman–Crippen MR) is 72.5 cm³/mol. The summed E-state index contributed by atoms with van der Waals surface area (Å²) in [5.41, 5.74) is 12.1. The van der Waals surface area contributed by atoms with Gasteiger partial charge < -0.3 is 21.4 Å². The van der Waals surface area contributed by atoms with Gasteiger partial charge in [0.05, 0.1) is 11.5 Å². The summed E-state index contributed by atoms with van der Waals surface area (Å²) < 4.78 is 1.85. The molecule has 100 valence electrons. The van der Waals surface area contributed by atoms with Crippen molar-refractivity contribution in [3.63, 3.8) is 0 Å². The molecule has 0 aliphatic carbocycles. The highest BCUT2D eigenvalue weighted by atomic mass is 16.1. The van der Waals surface area contributed by atoms with Crippen LogP contribution in [0.5, 0.6) is 0 Å². The van der Waals surface area contributed by atoms with Crippen molar-refractivity contribution >= 4 is 17.4 Å². The van der Waals surface area contributed by atoms with E-state index in [0.29, 0.717) is 30.3 Å². The van der Waals surface area contributed by atoms with E-state index in [0.717, 1.165) is 6.54 Å². The summed E-state index contributed by atoms with van der Waals surface area (Å²) in [7, 11) is 0. The summed E-state index contributed by atoms with van der Waals surface area (Å²) >= 11 is 0. The fourth-order valence-corrected chi connectivity index (χ4v) is 1.67. The number of rotatable bonds is 6. The van der Waals surface area contributed by atoms with E-state index in [1.54, 1.807) is 12.3 Å². The molecule has 6 heteroatoms. The molecular formula is C12H21N5O. The number of aromatic nitrogens is 1. The maximum absolute atomic E-state index is 11.9. The van der Waals surface area contributed by atoms with Gasteiger partial charge in [-0.2, -0.15) is 0 Å². The monoisotopic (exact) mass is 251 g/mol. The molecule has 0 aliphatic rings. The molecule has 1 heterocycles. The van der Waals surface area contributed by atoms with Gasteiger partial charge >= 0.3 is 0 Å². The van der Waals surface area contributed by atoms with Crippen LogP contribution < -0.4 is 16.8 Å². The average molecular weight is 251 g/mol. The smallest absolute Gasteiger partial charge is 0.267 e. The normalized spacial score (nSPS) is 10.6. The number of nitrogens with one attached hydrogen (secondary N) is 2. The number of amides is 1. The number of nitrogen functional groups attached to an aromatic ring is 1. The van der Waals surface area contributed by atoms with E-state index in [1.165, 1.54) is 0 Å². The Morgan fingerprint density at radius 3 is 2.78 bits per heavy atom. The molecule has 6 N–H and O–H groups in total. The molecule has 0 aliphatic heterocycles. The first-order chi connectivity index (χ1) is 8.40. The second-order valence-corrected chi connectivity index (χ2v) is 4.74. The van der Waals surface area contributed by atoms with Crippen molar-refractivity contribution in [2.45, 2.75) is 26.8 Å². The van der Waals surface area contributed by atoms with Crippen molar-refractivity contribution in [3.8, 4) is 0 Å². The van der Waals surface area contributed by atoms with Crippen LogP contribution in [0.2, 0.25) is 0 Å². The Labute approximate surface area is 107 Å². The van der Waals surface area contributed by atoms with E-state index in [-0.39, 0.29) is 11.7 Å². The minimum Gasteiger partial charge on any atom is -0.397 e. The van der Waals surface area contributed by atoms with Crippen LogP contribution in [0.1, 0.15) is 30.8 Å². The molecule has 0 bridgehead atoms. The van der Waals surface area contributed by atoms with Crippen molar-refractivity contribution in [2.75, 3.05) is 12.3 Å². The van der Waals surface area contributed by atoms with E-state index >= 15 is 0 Å². The molecule has 0 radical (unpaired) electrons. The molecule has 1 amide bonds. The highest BCUT2D eigenvalue weighted by Crippen LogP contribution is 2.13. The second kappa shape index (κ2) is 6.09. The number of nitrogens with two attached hydrogens (primary N) is 2. The highest BCUT2D eigenvalue weighted by molar-refractivity contribution is 5.94. The van der Waals surface area contributed by atoms with Gasteiger partial charge in [-0.25, -0.2) is 0 Å². The molecule has 1 aromatic heterocycles. The summed E-state index contributed by atoms with van der Waals surface area (Å²) in [6, 6.07) is 1.66. The fourth-order valence-electron chi connectivity index (χ4n) is 1.67. The molecule has 0 fully saturated rings. The Hall–Kier alpha value is -1.98. The van der Waals surface area contributed by atoms with Crippen LogP contribution in [0.15, 0.2) is 12.3 Å². The molecule has 18 heavy (non-hydrogen) atoms. The number of nitrogens with zero attached hydrogens (tertiary/aromatic N) is 1. The summed E-state index contributed by atoms with van der Waals surface area (Å²) in [6.07, 6.45) is 2.12. The second-order valence-electron chi connectivity index (χ2n) is 4.74. The molecule has 0 aromatic carbocycles. The number of hydrogen-bond acceptors (Lipinski definition) is 3. The predicted octanol–water partition coefficient (Wildman–Crippen LogP) is 0.782. The molecular weight excluding hydrogens is 230 g/mol. The average Bonchev–Trinajstić information content (AvgIpc) is 2.57. The van der Waals surface area contributed by atoms with E-state index < -0.39 is 0 Å². The van der Waals surface area contributed by atoms with Gasteiger partial charge in [0.15, 0.2) is 0 Å². The number of carbonyl (C=O) groups is 1. The molecule has 1 aromatic rings. The van der Waals surface area contributed by atoms with Crippen molar-refractivity contribution in [2.24, 2.45) is 11.7 Å². The Bertz CT molecular complexity index is 436. The molecule has 0 spiro atoms. The maximum Gasteiger partial charge on any atom is 0.267 e. The van der Waals surface area contributed by atoms with E-state index in [1.807, 2.05) is 4.57 Å². The van der Waals surface area contributed by atoms with Gasteiger partial charge in [-0.05, 0) is 12.0 Å². The molecule has 1 rings (SSSR count). The third-order valence-corrected chi connectivity index (χ3v) is 2.39. The van der Waals surface area contributed by atoms with Gasteiger partial charge in [0.2, 0.25) is 0 Å². The lowest BCUT2D eigenvalue weighted by atomic mass is 10.2. The first-order valence-electron chi connectivity index (χ1n) is 5.97. The van der Waals surface area contributed by atoms with Crippen molar-refractivity contribution in [1.29, 1.82) is 5.41 Å². The molecule has 0 saturated carbocycles. The SMILES string of the molecule is CC(C)Cn1cc(N)cc1C(=O)NCCC(=N)N. The van der Waals surface area contributed by atoms with Gasteiger partial charge in [-0.3, -0.25) is 10.2 Å². The van der Waals surface area contributed by atoms with Gasteiger partial charge in [0, 0.05) is 25.7 Å². The Morgan fingerprint density at radius 1 is 1.56 bits per heavy atom. The number of hydrogen-bond donors (Lipinski definition) is 4. The third kappa shape index (κ3) is 4.12. The van der Waals surface area contributed by atoms with Crippen LogP contribution >= 0.6 is 0 Å². The minimum atomic E-state index is -0.186. The third-order valence-electron chi connectivity index (χ3n) is 2.39. The topological polar surface area (TPSA) is 110 Å². The van der Waals surface area contributed by atoms with Crippen LogP contribution in [0.4, 0.5) is 5.69 Å². The summed E-state index contributed by atoms with van der Waals surface area (Å²) in [4.78, 5) is 11.9. The van der Waals surface area contributed by atoms with Crippen LogP contribution in [0.25, 0.3) is 0 Å². The Kier molecular flexibility index (Phi) is 4.76. The Morgan fingerprint density at radius 2 is 2.22 bits per heavy atom. The van der Waals surface area contributed by atoms with Crippen molar-refractivity contribution in [3.05, 3.63) is 18.0 Å². The lowest BCUT2D eigenvalue weighted by Crippen LogP contribution is -2.29. The number of carbonyl (C=O) groups excluding carboxylic acids is 1. The lowest BCUT2D eigenvalue weighted by Gasteiger charge is -2.11.